The minimum Gasteiger partial charge on any atom is -0.481 e. The van der Waals surface area contributed by atoms with Crippen LogP contribution < -0.4 is 10.6 Å². The molecule has 0 aromatic heterocycles. The van der Waals surface area contributed by atoms with Crippen LogP contribution in [0.2, 0.25) is 0 Å². The Morgan fingerprint density at radius 2 is 1.83 bits per heavy atom. The van der Waals surface area contributed by atoms with Gasteiger partial charge < -0.3 is 15.7 Å². The van der Waals surface area contributed by atoms with Gasteiger partial charge in [-0.2, -0.15) is 13.2 Å². The van der Waals surface area contributed by atoms with E-state index >= 15 is 0 Å². The van der Waals surface area contributed by atoms with Crippen molar-refractivity contribution >= 4 is 12.0 Å². The van der Waals surface area contributed by atoms with Crippen LogP contribution in [0.3, 0.4) is 0 Å². The maximum Gasteiger partial charge on any atom is 0.405 e. The summed E-state index contributed by atoms with van der Waals surface area (Å²) in [7, 11) is 0. The lowest BCUT2D eigenvalue weighted by Crippen LogP contribution is -2.41. The highest BCUT2D eigenvalue weighted by molar-refractivity contribution is 5.73. The molecule has 8 heteroatoms. The van der Waals surface area contributed by atoms with Gasteiger partial charge in [0.1, 0.15) is 6.54 Å². The number of nitrogens with one attached hydrogen (secondary N) is 2. The van der Waals surface area contributed by atoms with Crippen molar-refractivity contribution in [2.45, 2.75) is 32.4 Å². The third-order valence-electron chi connectivity index (χ3n) is 2.22. The highest BCUT2D eigenvalue weighted by Crippen LogP contribution is 2.12. The molecule has 106 valence electrons. The third-order valence-corrected chi connectivity index (χ3v) is 2.22. The van der Waals surface area contributed by atoms with Gasteiger partial charge in [-0.1, -0.05) is 6.92 Å². The number of hydrogen-bond acceptors (Lipinski definition) is 2. The fourth-order valence-corrected chi connectivity index (χ4v) is 1.19. The van der Waals surface area contributed by atoms with Crippen molar-refractivity contribution in [1.82, 2.24) is 10.6 Å². The third kappa shape index (κ3) is 11.0. The van der Waals surface area contributed by atoms with Crippen molar-refractivity contribution in [2.75, 3.05) is 13.1 Å². The van der Waals surface area contributed by atoms with E-state index in [1.807, 2.05) is 6.92 Å². The molecule has 1 unspecified atom stereocenters. The zero-order valence-electron chi connectivity index (χ0n) is 10.0. The van der Waals surface area contributed by atoms with Crippen LogP contribution in [0.4, 0.5) is 18.0 Å². The molecule has 0 saturated heterocycles. The Hall–Kier alpha value is -1.47. The van der Waals surface area contributed by atoms with Gasteiger partial charge >= 0.3 is 18.2 Å². The number of carboxylic acids is 1. The molecule has 0 aliphatic rings. The largest absolute Gasteiger partial charge is 0.481 e. The summed E-state index contributed by atoms with van der Waals surface area (Å²) < 4.78 is 35.2. The molecular formula is C10H17F3N2O3. The van der Waals surface area contributed by atoms with Gasteiger partial charge in [0.15, 0.2) is 0 Å². The van der Waals surface area contributed by atoms with Crippen LogP contribution in [0, 0.1) is 5.92 Å². The molecule has 1 atom stereocenters. The molecule has 0 spiro atoms. The average molecular weight is 270 g/mol. The number of carboxylic acid groups (broad SMARTS) is 1. The normalized spacial score (nSPS) is 12.9. The fraction of sp³-hybridized carbons (Fsp3) is 0.800. The molecule has 2 amide bonds. The van der Waals surface area contributed by atoms with Crippen LogP contribution in [0.1, 0.15) is 26.2 Å². The smallest absolute Gasteiger partial charge is 0.405 e. The van der Waals surface area contributed by atoms with E-state index in [1.54, 1.807) is 5.32 Å². The molecule has 0 aliphatic heterocycles. The first-order valence-electron chi connectivity index (χ1n) is 5.51. The first kappa shape index (κ1) is 16.5. The van der Waals surface area contributed by atoms with Gasteiger partial charge in [0, 0.05) is 13.0 Å². The Kier molecular flexibility index (Phi) is 7.14. The standard InChI is InChI=1S/C10H17F3N2O3/c1-7(2-3-8(16)17)4-5-14-9(18)15-6-10(11,12)13/h7H,2-6H2,1H3,(H,16,17)(H2,14,15,18). The number of rotatable bonds is 7. The second kappa shape index (κ2) is 7.78. The molecule has 0 aromatic rings. The van der Waals surface area contributed by atoms with Crippen LogP contribution in [0.5, 0.6) is 0 Å². The van der Waals surface area contributed by atoms with E-state index in [0.29, 0.717) is 12.8 Å². The average Bonchev–Trinajstić information content (AvgIpc) is 2.22. The van der Waals surface area contributed by atoms with Gasteiger partial charge in [-0.15, -0.1) is 0 Å². The van der Waals surface area contributed by atoms with Crippen molar-refractivity contribution in [3.05, 3.63) is 0 Å². The molecule has 0 fully saturated rings. The predicted molar refractivity (Wildman–Crippen MR) is 58.1 cm³/mol. The number of aliphatic carboxylic acids is 1. The Labute approximate surface area is 103 Å². The first-order chi connectivity index (χ1) is 8.20. The molecule has 0 heterocycles. The monoisotopic (exact) mass is 270 g/mol. The van der Waals surface area contributed by atoms with E-state index in [1.165, 1.54) is 0 Å². The maximum absolute atomic E-state index is 11.7. The number of hydrogen-bond donors (Lipinski definition) is 3. The van der Waals surface area contributed by atoms with Crippen molar-refractivity contribution in [3.8, 4) is 0 Å². The predicted octanol–water partition coefficient (Wildman–Crippen LogP) is 1.74. The molecule has 0 bridgehead atoms. The molecule has 0 radical (unpaired) electrons. The first-order valence-corrected chi connectivity index (χ1v) is 5.51. The van der Waals surface area contributed by atoms with Crippen LogP contribution in [0.15, 0.2) is 0 Å². The van der Waals surface area contributed by atoms with Crippen LogP contribution in [-0.2, 0) is 4.79 Å². The number of halogens is 3. The highest BCUT2D eigenvalue weighted by Gasteiger charge is 2.27. The summed E-state index contributed by atoms with van der Waals surface area (Å²) in [6, 6.07) is -0.877. The molecule has 0 aliphatic carbocycles. The fourth-order valence-electron chi connectivity index (χ4n) is 1.19. The molecule has 0 aromatic carbocycles. The highest BCUT2D eigenvalue weighted by atomic mass is 19.4. The van der Waals surface area contributed by atoms with E-state index in [0.717, 1.165) is 0 Å². The summed E-state index contributed by atoms with van der Waals surface area (Å²) in [6.45, 7) is 0.663. The van der Waals surface area contributed by atoms with Gasteiger partial charge in [-0.05, 0) is 18.8 Å². The second-order valence-corrected chi connectivity index (χ2v) is 4.05. The number of urea groups is 1. The van der Waals surface area contributed by atoms with Crippen molar-refractivity contribution in [1.29, 1.82) is 0 Å². The quantitative estimate of drug-likeness (QED) is 0.659. The SMILES string of the molecule is CC(CCNC(=O)NCC(F)(F)F)CCC(=O)O. The van der Waals surface area contributed by atoms with Gasteiger partial charge in [0.25, 0.3) is 0 Å². The van der Waals surface area contributed by atoms with E-state index < -0.39 is 24.7 Å². The van der Waals surface area contributed by atoms with Crippen molar-refractivity contribution in [2.24, 2.45) is 5.92 Å². The summed E-state index contributed by atoms with van der Waals surface area (Å²) in [5.41, 5.74) is 0. The van der Waals surface area contributed by atoms with Gasteiger partial charge in [-0.25, -0.2) is 4.79 Å². The molecule has 5 nitrogen and oxygen atoms in total. The van der Waals surface area contributed by atoms with Crippen molar-refractivity contribution < 1.29 is 27.9 Å². The van der Waals surface area contributed by atoms with E-state index in [9.17, 15) is 22.8 Å². The molecule has 0 saturated carbocycles. The Morgan fingerprint density at radius 1 is 1.22 bits per heavy atom. The number of carbonyl (C=O) groups is 2. The Balaban J connectivity index is 3.59. The lowest BCUT2D eigenvalue weighted by Gasteiger charge is -2.12. The van der Waals surface area contributed by atoms with Gasteiger partial charge in [0.05, 0.1) is 0 Å². The lowest BCUT2D eigenvalue weighted by molar-refractivity contribution is -0.137. The summed E-state index contributed by atoms with van der Waals surface area (Å²) in [4.78, 5) is 21.2. The van der Waals surface area contributed by atoms with E-state index in [2.05, 4.69) is 5.32 Å². The Morgan fingerprint density at radius 3 is 2.33 bits per heavy atom. The summed E-state index contributed by atoms with van der Waals surface area (Å²) in [5.74, 6) is -0.804. The van der Waals surface area contributed by atoms with Gasteiger partial charge in [-0.3, -0.25) is 4.79 Å². The zero-order valence-corrected chi connectivity index (χ0v) is 10.0. The number of amides is 2. The number of alkyl halides is 3. The van der Waals surface area contributed by atoms with E-state index in [4.69, 9.17) is 5.11 Å². The molecule has 3 N–H and O–H groups in total. The van der Waals surface area contributed by atoms with Crippen molar-refractivity contribution in [3.63, 3.8) is 0 Å². The lowest BCUT2D eigenvalue weighted by atomic mass is 10.0. The maximum atomic E-state index is 11.7. The van der Waals surface area contributed by atoms with E-state index in [-0.39, 0.29) is 18.9 Å². The number of carbonyl (C=O) groups excluding carboxylic acids is 1. The minimum atomic E-state index is -4.42. The molecule has 0 rings (SSSR count). The summed E-state index contributed by atoms with van der Waals surface area (Å²) in [5, 5.41) is 12.4. The summed E-state index contributed by atoms with van der Waals surface area (Å²) in [6.07, 6.45) is -3.39. The van der Waals surface area contributed by atoms with Crippen LogP contribution >= 0.6 is 0 Å². The van der Waals surface area contributed by atoms with Gasteiger partial charge in [0.2, 0.25) is 0 Å². The topological polar surface area (TPSA) is 78.4 Å². The molecule has 18 heavy (non-hydrogen) atoms. The second-order valence-electron chi connectivity index (χ2n) is 4.05. The molecular weight excluding hydrogens is 253 g/mol. The Bertz CT molecular complexity index is 282. The minimum absolute atomic E-state index is 0.0431. The zero-order chi connectivity index (χ0) is 14.2. The van der Waals surface area contributed by atoms with Crippen LogP contribution in [-0.4, -0.2) is 36.4 Å². The summed E-state index contributed by atoms with van der Waals surface area (Å²) >= 11 is 0. The van der Waals surface area contributed by atoms with Crippen LogP contribution in [0.25, 0.3) is 0 Å².